The molecule has 0 unspecified atom stereocenters. The molecule has 20 heteroatoms. The number of pyridine rings is 2. The number of amides is 1. The fourth-order valence-electron chi connectivity index (χ4n) is 10.9. The fraction of sp³-hybridized carbons (Fsp3) is 0.398. The molecule has 2 aromatic heterocycles. The number of nitrogen functional groups attached to an aromatic ring is 3. The second kappa shape index (κ2) is 49.4. The van der Waals surface area contributed by atoms with Crippen molar-refractivity contribution in [3.05, 3.63) is 268 Å². The Hall–Kier alpha value is -6.86. The second-order valence-corrected chi connectivity index (χ2v) is 32.1. The molecule has 0 fully saturated rings. The van der Waals surface area contributed by atoms with Crippen LogP contribution >= 0.6 is 70.1 Å². The van der Waals surface area contributed by atoms with Crippen molar-refractivity contribution in [1.29, 1.82) is 0 Å². The number of hydrogen-bond donors (Lipinski definition) is 3. The largest absolute Gasteiger partial charge is 0.398 e. The molecule has 0 aliphatic rings. The highest BCUT2D eigenvalue weighted by molar-refractivity contribution is 7.99. The molecule has 0 saturated heterocycles. The summed E-state index contributed by atoms with van der Waals surface area (Å²) in [4.78, 5) is 24.4. The van der Waals surface area contributed by atoms with Crippen LogP contribution in [-0.2, 0) is 0 Å². The predicted octanol–water partition coefficient (Wildman–Crippen LogP) is 28.6. The van der Waals surface area contributed by atoms with Crippen molar-refractivity contribution in [1.82, 2.24) is 14.9 Å². The minimum atomic E-state index is -0.824. The van der Waals surface area contributed by atoms with E-state index in [2.05, 4.69) is 152 Å². The minimum Gasteiger partial charge on any atom is -0.398 e. The monoisotopic (exact) mass is 1610 g/mol. The predicted molar refractivity (Wildman–Crippen MR) is 456 cm³/mol. The summed E-state index contributed by atoms with van der Waals surface area (Å²) in [5.74, 6) is -1.42. The molecule has 108 heavy (non-hydrogen) atoms. The van der Waals surface area contributed by atoms with Gasteiger partial charge in [-0.3, -0.25) is 9.78 Å². The van der Waals surface area contributed by atoms with Gasteiger partial charge in [-0.25, -0.2) is 35.7 Å². The molecule has 9 aromatic rings. The molecule has 0 bridgehead atoms. The number of halogens is 10. The van der Waals surface area contributed by atoms with Gasteiger partial charge >= 0.3 is 0 Å². The number of anilines is 3. The lowest BCUT2D eigenvalue weighted by Crippen LogP contribution is -2.21. The van der Waals surface area contributed by atoms with Crippen LogP contribution in [0.15, 0.2) is 155 Å². The first-order valence-electron chi connectivity index (χ1n) is 35.9. The van der Waals surface area contributed by atoms with Gasteiger partial charge < -0.3 is 22.1 Å². The van der Waals surface area contributed by atoms with Crippen LogP contribution < -0.4 is 17.2 Å². The van der Waals surface area contributed by atoms with E-state index in [0.29, 0.717) is 56.6 Å². The first-order valence-corrected chi connectivity index (χ1v) is 40.7. The first-order chi connectivity index (χ1) is 50.4. The maximum absolute atomic E-state index is 13.4. The number of rotatable bonds is 13. The van der Waals surface area contributed by atoms with Gasteiger partial charge in [-0.1, -0.05) is 220 Å². The van der Waals surface area contributed by atoms with Crippen LogP contribution in [0.2, 0.25) is 15.1 Å². The number of carbonyl (C=O) groups is 1. The van der Waals surface area contributed by atoms with E-state index in [-0.39, 0.29) is 79.7 Å². The highest BCUT2D eigenvalue weighted by Crippen LogP contribution is 2.37. The van der Waals surface area contributed by atoms with Gasteiger partial charge in [0.2, 0.25) is 0 Å². The van der Waals surface area contributed by atoms with Crippen molar-refractivity contribution in [2.24, 2.45) is 0 Å². The average molecular weight is 1610 g/mol. The Morgan fingerprint density at radius 1 is 0.370 bits per heavy atom. The number of nitrogens with zero attached hydrogens (tertiary/aromatic N) is 3. The molecular weight excluding hydrogens is 1490 g/mol. The van der Waals surface area contributed by atoms with Crippen molar-refractivity contribution < 1.29 is 35.5 Å². The molecule has 0 atom stereocenters. The third kappa shape index (κ3) is 31.5. The molecule has 6 N–H and O–H groups in total. The van der Waals surface area contributed by atoms with E-state index >= 15 is 0 Å². The van der Waals surface area contributed by atoms with Gasteiger partial charge in [0.05, 0.1) is 37.2 Å². The highest BCUT2D eigenvalue weighted by Gasteiger charge is 2.21. The van der Waals surface area contributed by atoms with Crippen LogP contribution in [0.25, 0.3) is 0 Å². The van der Waals surface area contributed by atoms with Gasteiger partial charge in [-0.05, 0) is 204 Å². The number of thioether (sulfide) groups is 3. The second-order valence-electron chi connectivity index (χ2n) is 28.4. The molecule has 0 radical (unpaired) electrons. The van der Waals surface area contributed by atoms with E-state index in [1.807, 2.05) is 90.8 Å². The number of aromatic nitrogens is 2. The zero-order valence-corrected chi connectivity index (χ0v) is 72.7. The first kappa shape index (κ1) is 99.1. The van der Waals surface area contributed by atoms with Crippen molar-refractivity contribution in [2.75, 3.05) is 50.1 Å². The molecule has 0 spiro atoms. The Balaban J connectivity index is 0.000000609. The fourth-order valence-corrected chi connectivity index (χ4v) is 13.7. The van der Waals surface area contributed by atoms with Gasteiger partial charge in [-0.15, -0.1) is 35.3 Å². The molecule has 0 aliphatic heterocycles. The molecule has 9 rings (SSSR count). The third-order valence-electron chi connectivity index (χ3n) is 16.6. The topological polar surface area (TPSA) is 124 Å². The van der Waals surface area contributed by atoms with Gasteiger partial charge in [0.25, 0.3) is 5.91 Å². The Kier molecular flexibility index (Phi) is 45.4. The SMILES string of the molecule is CC(C)c1c(N)c(Cl)cc(Cl)c1F.CC(C)c1c(N)c(F)cc(Cl)c1F.CC(C)c1cc(C(=O)N(C)C)ccc1F.CSc1ccccc1C(C)C.CSc1cccnc1C(C)C.CSc1ncccc1C(C)C.Cc1cc(F)c(F)c(C(C)C)c1N.Cc1cccc(F)c1C(C)C.Cc1ccccc1C(C)C. The van der Waals surface area contributed by atoms with Crippen LogP contribution in [0.3, 0.4) is 0 Å². The summed E-state index contributed by atoms with van der Waals surface area (Å²) in [6, 6.07) is 38.4. The lowest BCUT2D eigenvalue weighted by atomic mass is 9.97. The lowest BCUT2D eigenvalue weighted by molar-refractivity contribution is 0.0827. The molecule has 592 valence electrons. The summed E-state index contributed by atoms with van der Waals surface area (Å²) < 4.78 is 92.4. The van der Waals surface area contributed by atoms with Crippen LogP contribution in [-0.4, -0.2) is 53.6 Å². The average Bonchev–Trinajstić information content (AvgIpc) is 0.820. The van der Waals surface area contributed by atoms with Crippen LogP contribution in [0.4, 0.5) is 47.8 Å². The lowest BCUT2D eigenvalue weighted by Gasteiger charge is -2.13. The summed E-state index contributed by atoms with van der Waals surface area (Å²) in [5.41, 5.74) is 28.4. The van der Waals surface area contributed by atoms with Crippen LogP contribution in [0.5, 0.6) is 0 Å². The summed E-state index contributed by atoms with van der Waals surface area (Å²) in [7, 11) is 3.36. The number of carbonyl (C=O) groups excluding carboxylic acids is 1. The van der Waals surface area contributed by atoms with E-state index in [0.717, 1.165) is 28.3 Å². The van der Waals surface area contributed by atoms with Crippen molar-refractivity contribution in [2.45, 2.75) is 213 Å². The zero-order valence-electron chi connectivity index (χ0n) is 68.0. The Morgan fingerprint density at radius 3 is 1.24 bits per heavy atom. The summed E-state index contributed by atoms with van der Waals surface area (Å²) in [6.07, 6.45) is 9.98. The normalized spacial score (nSPS) is 10.7. The zero-order chi connectivity index (χ0) is 82.9. The maximum atomic E-state index is 13.4. The van der Waals surface area contributed by atoms with Crippen molar-refractivity contribution in [3.63, 3.8) is 0 Å². The smallest absolute Gasteiger partial charge is 0.253 e. The number of aryl methyl sites for hydroxylation is 3. The number of hydrogen-bond acceptors (Lipinski definition) is 9. The van der Waals surface area contributed by atoms with E-state index in [9.17, 15) is 35.5 Å². The molecule has 7 aromatic carbocycles. The van der Waals surface area contributed by atoms with Gasteiger partial charge in [0.15, 0.2) is 11.6 Å². The summed E-state index contributed by atoms with van der Waals surface area (Å²) >= 11 is 22.1. The van der Waals surface area contributed by atoms with Crippen molar-refractivity contribution >= 4 is 93.1 Å². The minimum absolute atomic E-state index is 0.0166. The third-order valence-corrected chi connectivity index (χ3v) is 19.8. The van der Waals surface area contributed by atoms with E-state index in [4.69, 9.17) is 52.0 Å². The van der Waals surface area contributed by atoms with E-state index < -0.39 is 29.1 Å². The van der Waals surface area contributed by atoms with Crippen LogP contribution in [0.1, 0.15) is 255 Å². The summed E-state index contributed by atoms with van der Waals surface area (Å²) in [5, 5.41) is 1.25. The molecule has 0 aliphatic carbocycles. The van der Waals surface area contributed by atoms with Gasteiger partial charge in [0, 0.05) is 64.2 Å². The highest BCUT2D eigenvalue weighted by atomic mass is 35.5. The standard InChI is InChI=1S/C12H16FNO.C10H13F2N.C10H13F.C10H14S.C10H14.C9H10Cl2FN.C9H10ClF2N.2C9H13NS/c1-8(2)10-7-9(5-6-11(10)13)12(15)14(3)4;1-5(2)8-9(12)7(11)4-6(3)10(8)13;1-7(2)10-8(3)5-4-6-9(10)11;1-8(2)9-6-4-5-7-10(9)11-3;1-8(2)10-7-5-4-6-9(10)3;2*1-4(2)7-8(12)5(10)3-6(11)9(7)13;1-7(2)9-8(11-3)5-4-6-10-9;1-7(2)8-5-4-6-10-9(8)11-3/h5-8H,1-4H3;4-5H,13H2,1-3H3;4-7H,1-3H3;4-8H,1-3H3;4-8H,1-3H3;2*3-4H,13H2,1-2H3;2*4-7H,1-3H3. The number of nitrogens with two attached hydrogens (primary N) is 3. The van der Waals surface area contributed by atoms with Gasteiger partial charge in [0.1, 0.15) is 29.1 Å². The Labute approximate surface area is 670 Å². The van der Waals surface area contributed by atoms with Crippen molar-refractivity contribution in [3.8, 4) is 0 Å². The molecule has 1 amide bonds. The van der Waals surface area contributed by atoms with E-state index in [1.54, 1.807) is 84.4 Å². The maximum Gasteiger partial charge on any atom is 0.253 e. The molecular formula is C88H116Cl3F7N6OS3. The summed E-state index contributed by atoms with van der Waals surface area (Å²) in [6.45, 7) is 41.9. The molecule has 0 saturated carbocycles. The van der Waals surface area contributed by atoms with E-state index in [1.165, 1.54) is 66.9 Å². The Bertz CT molecular complexity index is 3860. The Morgan fingerprint density at radius 2 is 0.815 bits per heavy atom. The van der Waals surface area contributed by atoms with Gasteiger partial charge in [-0.2, -0.15) is 0 Å². The van der Waals surface area contributed by atoms with Crippen LogP contribution in [0, 0.1) is 61.5 Å². The quantitative estimate of drug-likeness (QED) is 0.0448. The molecule has 7 nitrogen and oxygen atoms in total. The molecule has 2 heterocycles. The number of benzene rings is 7.